The van der Waals surface area contributed by atoms with Crippen LogP contribution in [0.5, 0.6) is 0 Å². The van der Waals surface area contributed by atoms with Crippen molar-refractivity contribution in [1.82, 2.24) is 14.6 Å². The molecule has 4 rings (SSSR count). The summed E-state index contributed by atoms with van der Waals surface area (Å²) in [5.74, 6) is 1.78. The van der Waals surface area contributed by atoms with Gasteiger partial charge in [0.15, 0.2) is 5.76 Å². The number of aromatic nitrogens is 3. The molecule has 0 fully saturated rings. The summed E-state index contributed by atoms with van der Waals surface area (Å²) in [6.07, 6.45) is 1.72. The predicted molar refractivity (Wildman–Crippen MR) is 83.4 cm³/mol. The van der Waals surface area contributed by atoms with Crippen molar-refractivity contribution in [2.24, 2.45) is 5.73 Å². The Bertz CT molecular complexity index is 872. The van der Waals surface area contributed by atoms with Crippen molar-refractivity contribution >= 4 is 27.3 Å². The molecule has 0 amide bonds. The summed E-state index contributed by atoms with van der Waals surface area (Å²) in [6, 6.07) is 10.1. The van der Waals surface area contributed by atoms with E-state index in [1.54, 1.807) is 11.3 Å². The van der Waals surface area contributed by atoms with Crippen LogP contribution in [0.2, 0.25) is 0 Å². The van der Waals surface area contributed by atoms with Gasteiger partial charge < -0.3 is 10.2 Å². The van der Waals surface area contributed by atoms with Crippen LogP contribution in [0, 0.1) is 0 Å². The number of nitrogens with two attached hydrogens (primary N) is 1. The number of furan rings is 1. The lowest BCUT2D eigenvalue weighted by atomic mass is 10.2. The maximum absolute atomic E-state index is 5.95. The molecule has 0 bridgehead atoms. The van der Waals surface area contributed by atoms with Gasteiger partial charge in [-0.15, -0.1) is 21.5 Å². The van der Waals surface area contributed by atoms with Gasteiger partial charge in [-0.2, -0.15) is 0 Å². The molecular formula is C15H14N4OS. The van der Waals surface area contributed by atoms with Crippen molar-refractivity contribution in [3.8, 4) is 11.5 Å². The molecule has 21 heavy (non-hydrogen) atoms. The van der Waals surface area contributed by atoms with Gasteiger partial charge in [-0.3, -0.25) is 4.40 Å². The predicted octanol–water partition coefficient (Wildman–Crippen LogP) is 3.10. The molecule has 0 saturated heterocycles. The Morgan fingerprint density at radius 3 is 3.00 bits per heavy atom. The highest BCUT2D eigenvalue weighted by atomic mass is 32.1. The lowest BCUT2D eigenvalue weighted by molar-refractivity contribution is 0.626. The number of aryl methyl sites for hydroxylation is 1. The number of benzene rings is 1. The monoisotopic (exact) mass is 298 g/mol. The molecule has 0 atom stereocenters. The summed E-state index contributed by atoms with van der Waals surface area (Å²) in [5.41, 5.74) is 7.49. The van der Waals surface area contributed by atoms with Crippen molar-refractivity contribution < 1.29 is 4.42 Å². The van der Waals surface area contributed by atoms with Crippen LogP contribution in [-0.4, -0.2) is 21.1 Å². The third-order valence-electron chi connectivity index (χ3n) is 3.50. The van der Waals surface area contributed by atoms with Gasteiger partial charge in [0.1, 0.15) is 17.1 Å². The van der Waals surface area contributed by atoms with E-state index < -0.39 is 0 Å². The number of rotatable bonds is 4. The molecule has 0 aliphatic heterocycles. The molecule has 3 heterocycles. The second kappa shape index (κ2) is 4.98. The topological polar surface area (TPSA) is 69.3 Å². The van der Waals surface area contributed by atoms with Crippen LogP contribution in [0.1, 0.15) is 12.2 Å². The zero-order valence-electron chi connectivity index (χ0n) is 11.3. The van der Waals surface area contributed by atoms with E-state index in [-0.39, 0.29) is 0 Å². The third kappa shape index (κ3) is 2.03. The van der Waals surface area contributed by atoms with E-state index in [2.05, 4.69) is 26.0 Å². The molecule has 0 radical (unpaired) electrons. The van der Waals surface area contributed by atoms with Gasteiger partial charge in [0.25, 0.3) is 0 Å². The molecule has 0 unspecified atom stereocenters. The number of hydrogen-bond acceptors (Lipinski definition) is 5. The lowest BCUT2D eigenvalue weighted by Crippen LogP contribution is -2.03. The quantitative estimate of drug-likeness (QED) is 0.628. The van der Waals surface area contributed by atoms with Crippen molar-refractivity contribution in [3.05, 3.63) is 41.5 Å². The van der Waals surface area contributed by atoms with Crippen LogP contribution < -0.4 is 5.73 Å². The van der Waals surface area contributed by atoms with Gasteiger partial charge >= 0.3 is 0 Å². The Balaban J connectivity index is 1.87. The maximum atomic E-state index is 5.95. The van der Waals surface area contributed by atoms with Gasteiger partial charge in [0.05, 0.1) is 0 Å². The van der Waals surface area contributed by atoms with Crippen LogP contribution in [0.25, 0.3) is 27.4 Å². The van der Waals surface area contributed by atoms with Crippen LogP contribution in [0.4, 0.5) is 0 Å². The molecule has 0 spiro atoms. The molecule has 2 N–H and O–H groups in total. The Hall–Kier alpha value is -2.18. The van der Waals surface area contributed by atoms with E-state index in [9.17, 15) is 0 Å². The highest BCUT2D eigenvalue weighted by Gasteiger charge is 2.16. The minimum absolute atomic E-state index is 0.652. The van der Waals surface area contributed by atoms with E-state index in [0.29, 0.717) is 6.54 Å². The average molecular weight is 298 g/mol. The van der Waals surface area contributed by atoms with Crippen LogP contribution in [-0.2, 0) is 6.42 Å². The van der Waals surface area contributed by atoms with Crippen molar-refractivity contribution in [2.45, 2.75) is 12.8 Å². The zero-order chi connectivity index (χ0) is 14.2. The van der Waals surface area contributed by atoms with Crippen molar-refractivity contribution in [1.29, 1.82) is 0 Å². The zero-order valence-corrected chi connectivity index (χ0v) is 12.1. The number of fused-ring (bicyclic) bond motifs is 2. The first-order valence-corrected chi connectivity index (χ1v) is 7.75. The number of para-hydroxylation sites is 1. The normalized spacial score (nSPS) is 11.7. The first-order chi connectivity index (χ1) is 10.4. The second-order valence-electron chi connectivity index (χ2n) is 4.90. The summed E-state index contributed by atoms with van der Waals surface area (Å²) >= 11 is 1.57. The second-order valence-corrected chi connectivity index (χ2v) is 5.73. The molecule has 0 aliphatic carbocycles. The van der Waals surface area contributed by atoms with E-state index in [1.165, 1.54) is 0 Å². The van der Waals surface area contributed by atoms with Crippen molar-refractivity contribution in [3.63, 3.8) is 0 Å². The molecule has 1 aromatic carbocycles. The minimum atomic E-state index is 0.652. The van der Waals surface area contributed by atoms with Crippen LogP contribution >= 0.6 is 11.3 Å². The first kappa shape index (κ1) is 12.6. The molecule has 0 aliphatic rings. The molecule has 106 valence electrons. The van der Waals surface area contributed by atoms with E-state index >= 15 is 0 Å². The fourth-order valence-corrected chi connectivity index (χ4v) is 3.31. The molecule has 4 aromatic rings. The minimum Gasteiger partial charge on any atom is -0.454 e. The van der Waals surface area contributed by atoms with Gasteiger partial charge in [-0.05, 0) is 25.1 Å². The molecule has 0 saturated carbocycles. The lowest BCUT2D eigenvalue weighted by Gasteiger charge is -1.99. The third-order valence-corrected chi connectivity index (χ3v) is 4.32. The van der Waals surface area contributed by atoms with Gasteiger partial charge in [0, 0.05) is 17.2 Å². The number of nitrogens with zero attached hydrogens (tertiary/aromatic N) is 3. The summed E-state index contributed by atoms with van der Waals surface area (Å²) in [5, 5.41) is 11.6. The number of thiazole rings is 1. The average Bonchev–Trinajstić information content (AvgIpc) is 3.19. The SMILES string of the molecule is NCCCc1nnc2scc(-c3cc4ccccc4o3)n12. The summed E-state index contributed by atoms with van der Waals surface area (Å²) in [7, 11) is 0. The standard InChI is InChI=1S/C15H14N4OS/c16-7-3-6-14-17-18-15-19(14)11(9-21-15)13-8-10-4-1-2-5-12(10)20-13/h1-2,4-5,8-9H,3,6-7,16H2. The van der Waals surface area contributed by atoms with Crippen LogP contribution in [0.15, 0.2) is 40.1 Å². The molecule has 5 nitrogen and oxygen atoms in total. The summed E-state index contributed by atoms with van der Waals surface area (Å²) < 4.78 is 8.02. The summed E-state index contributed by atoms with van der Waals surface area (Å²) in [6.45, 7) is 0.652. The van der Waals surface area contributed by atoms with E-state index in [4.69, 9.17) is 10.2 Å². The molecular weight excluding hydrogens is 284 g/mol. The Morgan fingerprint density at radius 2 is 2.14 bits per heavy atom. The Labute approximate surface area is 125 Å². The van der Waals surface area contributed by atoms with Gasteiger partial charge in [0.2, 0.25) is 4.96 Å². The van der Waals surface area contributed by atoms with Gasteiger partial charge in [-0.25, -0.2) is 0 Å². The number of hydrogen-bond donors (Lipinski definition) is 1. The van der Waals surface area contributed by atoms with E-state index in [1.807, 2.05) is 24.3 Å². The maximum Gasteiger partial charge on any atom is 0.216 e. The Morgan fingerprint density at radius 1 is 1.24 bits per heavy atom. The smallest absolute Gasteiger partial charge is 0.216 e. The largest absolute Gasteiger partial charge is 0.454 e. The van der Waals surface area contributed by atoms with E-state index in [0.717, 1.165) is 46.1 Å². The highest BCUT2D eigenvalue weighted by molar-refractivity contribution is 7.15. The molecule has 6 heteroatoms. The van der Waals surface area contributed by atoms with Crippen molar-refractivity contribution in [2.75, 3.05) is 6.54 Å². The fourth-order valence-electron chi connectivity index (χ4n) is 2.48. The van der Waals surface area contributed by atoms with Gasteiger partial charge in [-0.1, -0.05) is 18.2 Å². The fraction of sp³-hybridized carbons (Fsp3) is 0.200. The molecule has 3 aromatic heterocycles. The Kier molecular flexibility index (Phi) is 2.98. The van der Waals surface area contributed by atoms with Crippen LogP contribution in [0.3, 0.4) is 0 Å². The highest BCUT2D eigenvalue weighted by Crippen LogP contribution is 2.31. The first-order valence-electron chi connectivity index (χ1n) is 6.87. The summed E-state index contributed by atoms with van der Waals surface area (Å²) in [4.78, 5) is 0.887.